The number of nitrogens with zero attached hydrogens (tertiary/aromatic N) is 2. The molecule has 1 aromatic rings. The van der Waals surface area contributed by atoms with Crippen molar-refractivity contribution in [1.82, 2.24) is 14.9 Å². The van der Waals surface area contributed by atoms with Gasteiger partial charge in [0.25, 0.3) is 0 Å². The summed E-state index contributed by atoms with van der Waals surface area (Å²) < 4.78 is 13.5. The van der Waals surface area contributed by atoms with Crippen LogP contribution in [0.5, 0.6) is 0 Å². The first-order valence-electron chi connectivity index (χ1n) is 7.54. The zero-order valence-corrected chi connectivity index (χ0v) is 13.3. The van der Waals surface area contributed by atoms with Crippen LogP contribution in [-0.2, 0) is 0 Å². The van der Waals surface area contributed by atoms with E-state index in [1.165, 1.54) is 6.08 Å². The number of halogens is 1. The minimum Gasteiger partial charge on any atom is -0.343 e. The number of H-pyrrole nitrogens is 1. The van der Waals surface area contributed by atoms with Crippen molar-refractivity contribution in [3.05, 3.63) is 71.9 Å². The first kappa shape index (κ1) is 16.0. The van der Waals surface area contributed by atoms with Crippen LogP contribution in [0.25, 0.3) is 5.70 Å². The Morgan fingerprint density at radius 1 is 1.41 bits per heavy atom. The van der Waals surface area contributed by atoms with Gasteiger partial charge in [-0.15, -0.1) is 0 Å². The van der Waals surface area contributed by atoms with Crippen LogP contribution in [0.15, 0.2) is 66.1 Å². The lowest BCUT2D eigenvalue weighted by atomic mass is 10.1. The van der Waals surface area contributed by atoms with E-state index in [1.54, 1.807) is 13.1 Å². The van der Waals surface area contributed by atoms with Gasteiger partial charge in [-0.1, -0.05) is 25.2 Å². The number of hydrogen-bond donors (Lipinski definition) is 1. The molecule has 0 amide bonds. The molecule has 0 atom stereocenters. The van der Waals surface area contributed by atoms with E-state index in [4.69, 9.17) is 0 Å². The summed E-state index contributed by atoms with van der Waals surface area (Å²) in [5, 5.41) is 0. The first-order chi connectivity index (χ1) is 10.7. The van der Waals surface area contributed by atoms with Crippen LogP contribution in [0.1, 0.15) is 39.4 Å². The quantitative estimate of drug-likeness (QED) is 0.822. The fourth-order valence-corrected chi connectivity index (χ4v) is 2.32. The number of aromatic amines is 1. The van der Waals surface area contributed by atoms with Gasteiger partial charge in [-0.2, -0.15) is 0 Å². The van der Waals surface area contributed by atoms with Crippen molar-refractivity contribution in [3.8, 4) is 0 Å². The minimum absolute atomic E-state index is 0.116. The lowest BCUT2D eigenvalue weighted by Crippen LogP contribution is -2.17. The van der Waals surface area contributed by atoms with Crippen molar-refractivity contribution in [1.29, 1.82) is 0 Å². The molecule has 1 N–H and O–H groups in total. The number of allylic oxidation sites excluding steroid dienone is 7. The van der Waals surface area contributed by atoms with Crippen LogP contribution < -0.4 is 0 Å². The monoisotopic (exact) mass is 299 g/mol. The Balaban J connectivity index is 2.30. The van der Waals surface area contributed by atoms with Crippen molar-refractivity contribution in [3.63, 3.8) is 0 Å². The highest BCUT2D eigenvalue weighted by molar-refractivity contribution is 5.63. The summed E-state index contributed by atoms with van der Waals surface area (Å²) in [7, 11) is 0. The molecule has 22 heavy (non-hydrogen) atoms. The molecule has 2 heterocycles. The summed E-state index contributed by atoms with van der Waals surface area (Å²) in [6, 6.07) is 0. The Hall–Kier alpha value is -2.36. The van der Waals surface area contributed by atoms with Crippen LogP contribution >= 0.6 is 0 Å². The third-order valence-electron chi connectivity index (χ3n) is 3.43. The van der Waals surface area contributed by atoms with Gasteiger partial charge >= 0.3 is 0 Å². The lowest BCUT2D eigenvalue weighted by Gasteiger charge is -2.27. The SMILES string of the molecule is C/C=C(\F)CC1=C/C(=C/C)N(/C(=C/CC)c2ncc[nH]2)C=C1. The predicted octanol–water partition coefficient (Wildman–Crippen LogP) is 5.08. The molecular formula is C18H22FN3. The highest BCUT2D eigenvalue weighted by atomic mass is 19.1. The summed E-state index contributed by atoms with van der Waals surface area (Å²) in [5.41, 5.74) is 2.96. The normalized spacial score (nSPS) is 18.1. The number of rotatable bonds is 5. The molecule has 0 bridgehead atoms. The van der Waals surface area contributed by atoms with Gasteiger partial charge in [-0.3, -0.25) is 0 Å². The molecule has 1 aliphatic rings. The van der Waals surface area contributed by atoms with E-state index in [0.29, 0.717) is 6.42 Å². The van der Waals surface area contributed by atoms with E-state index < -0.39 is 0 Å². The molecule has 0 aliphatic carbocycles. The van der Waals surface area contributed by atoms with E-state index in [2.05, 4.69) is 27.9 Å². The summed E-state index contributed by atoms with van der Waals surface area (Å²) in [6.45, 7) is 5.78. The van der Waals surface area contributed by atoms with E-state index in [1.807, 2.05) is 37.5 Å². The van der Waals surface area contributed by atoms with Crippen LogP contribution in [0, 0.1) is 0 Å². The van der Waals surface area contributed by atoms with Gasteiger partial charge in [0.2, 0.25) is 0 Å². The molecule has 3 nitrogen and oxygen atoms in total. The molecule has 0 unspecified atom stereocenters. The molecule has 1 aliphatic heterocycles. The van der Waals surface area contributed by atoms with Gasteiger partial charge < -0.3 is 9.88 Å². The Kier molecular flexibility index (Phi) is 5.53. The average molecular weight is 299 g/mol. The van der Waals surface area contributed by atoms with E-state index in [9.17, 15) is 4.39 Å². The molecule has 0 radical (unpaired) electrons. The Morgan fingerprint density at radius 2 is 2.23 bits per heavy atom. The summed E-state index contributed by atoms with van der Waals surface area (Å²) in [4.78, 5) is 9.56. The summed E-state index contributed by atoms with van der Waals surface area (Å²) in [5.74, 6) is 0.706. The van der Waals surface area contributed by atoms with Gasteiger partial charge in [-0.25, -0.2) is 9.37 Å². The van der Waals surface area contributed by atoms with Crippen molar-refractivity contribution in [2.75, 3.05) is 0 Å². The molecule has 4 heteroatoms. The van der Waals surface area contributed by atoms with Crippen LogP contribution in [0.4, 0.5) is 4.39 Å². The number of imidazole rings is 1. The highest BCUT2D eigenvalue weighted by Gasteiger charge is 2.17. The molecule has 2 rings (SSSR count). The zero-order valence-electron chi connectivity index (χ0n) is 13.3. The van der Waals surface area contributed by atoms with Gasteiger partial charge in [0.1, 0.15) is 5.83 Å². The van der Waals surface area contributed by atoms with E-state index in [-0.39, 0.29) is 5.83 Å². The molecule has 0 fully saturated rings. The number of aromatic nitrogens is 2. The molecule has 116 valence electrons. The molecule has 0 saturated heterocycles. The molecule has 0 aromatic carbocycles. The molecular weight excluding hydrogens is 277 g/mol. The standard InChI is InChI=1S/C18H22FN3/c1-4-7-17(18-20-9-10-21-18)22-11-8-14(12-15(19)5-2)13-16(22)6-3/h5-11,13H,4,12H2,1-3H3,(H,20,21)/b15-5-,16-6-,17-7+. The van der Waals surface area contributed by atoms with Gasteiger partial charge in [0, 0.05) is 30.7 Å². The Morgan fingerprint density at radius 3 is 2.82 bits per heavy atom. The topological polar surface area (TPSA) is 31.9 Å². The van der Waals surface area contributed by atoms with Crippen molar-refractivity contribution in [2.45, 2.75) is 33.6 Å². The maximum atomic E-state index is 13.5. The third kappa shape index (κ3) is 3.64. The fourth-order valence-electron chi connectivity index (χ4n) is 2.32. The van der Waals surface area contributed by atoms with Gasteiger partial charge in [0.05, 0.1) is 5.70 Å². The van der Waals surface area contributed by atoms with E-state index >= 15 is 0 Å². The fraction of sp³-hybridized carbons (Fsp3) is 0.278. The zero-order chi connectivity index (χ0) is 15.9. The molecule has 0 spiro atoms. The van der Waals surface area contributed by atoms with Crippen molar-refractivity contribution >= 4 is 5.70 Å². The van der Waals surface area contributed by atoms with Crippen LogP contribution in [-0.4, -0.2) is 14.9 Å². The summed E-state index contributed by atoms with van der Waals surface area (Å²) in [6.07, 6.45) is 16.3. The first-order valence-corrected chi connectivity index (χ1v) is 7.54. The van der Waals surface area contributed by atoms with Crippen LogP contribution in [0.3, 0.4) is 0 Å². The Labute approximate surface area is 131 Å². The second-order valence-electron chi connectivity index (χ2n) is 4.97. The van der Waals surface area contributed by atoms with Gasteiger partial charge in [-0.05, 0) is 38.0 Å². The number of nitrogens with one attached hydrogen (secondary N) is 1. The molecule has 0 saturated carbocycles. The lowest BCUT2D eigenvalue weighted by molar-refractivity contribution is 0.605. The second kappa shape index (κ2) is 7.59. The largest absolute Gasteiger partial charge is 0.343 e. The molecule has 1 aromatic heterocycles. The summed E-state index contributed by atoms with van der Waals surface area (Å²) >= 11 is 0. The maximum Gasteiger partial charge on any atom is 0.154 e. The smallest absolute Gasteiger partial charge is 0.154 e. The second-order valence-corrected chi connectivity index (χ2v) is 4.97. The van der Waals surface area contributed by atoms with Crippen LogP contribution in [0.2, 0.25) is 0 Å². The van der Waals surface area contributed by atoms with Crippen molar-refractivity contribution in [2.24, 2.45) is 0 Å². The highest BCUT2D eigenvalue weighted by Crippen LogP contribution is 2.29. The predicted molar refractivity (Wildman–Crippen MR) is 89.2 cm³/mol. The Bertz CT molecular complexity index is 646. The van der Waals surface area contributed by atoms with Gasteiger partial charge in [0.15, 0.2) is 5.82 Å². The number of hydrogen-bond acceptors (Lipinski definition) is 2. The van der Waals surface area contributed by atoms with E-state index in [0.717, 1.165) is 29.2 Å². The maximum absolute atomic E-state index is 13.5. The minimum atomic E-state index is -0.116. The average Bonchev–Trinajstić information content (AvgIpc) is 3.06. The van der Waals surface area contributed by atoms with Crippen molar-refractivity contribution < 1.29 is 4.39 Å². The third-order valence-corrected chi connectivity index (χ3v) is 3.43.